The number of carbonyl (C=O) groups is 1. The van der Waals surface area contributed by atoms with E-state index >= 15 is 0 Å². The molecule has 0 atom stereocenters. The van der Waals surface area contributed by atoms with Crippen molar-refractivity contribution >= 4 is 35.2 Å². The van der Waals surface area contributed by atoms with Crippen molar-refractivity contribution in [2.24, 2.45) is 4.99 Å². The molecule has 0 heterocycles. The Kier molecular flexibility index (Phi) is 5.04. The highest BCUT2D eigenvalue weighted by atomic mass is 35.5. The number of carbonyl (C=O) groups excluding carboxylic acids is 1. The van der Waals surface area contributed by atoms with E-state index < -0.39 is 5.82 Å². The van der Waals surface area contributed by atoms with Gasteiger partial charge in [-0.2, -0.15) is 0 Å². The highest BCUT2D eigenvalue weighted by molar-refractivity contribution is 6.31. The maximum Gasteiger partial charge on any atom is 0.218 e. The number of halogens is 2. The van der Waals surface area contributed by atoms with E-state index in [9.17, 15) is 9.18 Å². The molecule has 1 amide bonds. The van der Waals surface area contributed by atoms with Crippen molar-refractivity contribution in [2.75, 3.05) is 19.0 Å². The minimum Gasteiger partial charge on any atom is -0.356 e. The predicted octanol–water partition coefficient (Wildman–Crippen LogP) is 4.24. The second-order valence-corrected chi connectivity index (χ2v) is 6.44. The second kappa shape index (κ2) is 7.23. The smallest absolute Gasteiger partial charge is 0.218 e. The largest absolute Gasteiger partial charge is 0.356 e. The molecule has 0 N–H and O–H groups in total. The van der Waals surface area contributed by atoms with Crippen molar-refractivity contribution in [1.82, 2.24) is 4.90 Å². The number of hydrogen-bond acceptors (Lipinski definition) is 2. The molecule has 0 aliphatic heterocycles. The maximum atomic E-state index is 13.6. The molecular weight excluding hydrogens is 341 g/mol. The Balaban J connectivity index is 2.10. The van der Waals surface area contributed by atoms with E-state index in [0.717, 1.165) is 24.2 Å². The Labute approximate surface area is 151 Å². The lowest BCUT2D eigenvalue weighted by Gasteiger charge is -2.26. The third-order valence-corrected chi connectivity index (χ3v) is 4.53. The third kappa shape index (κ3) is 3.66. The number of aliphatic imine (C=N–C) groups is 1. The van der Waals surface area contributed by atoms with E-state index in [1.807, 2.05) is 13.1 Å². The average molecular weight is 360 g/mol. The highest BCUT2D eigenvalue weighted by Gasteiger charge is 2.30. The van der Waals surface area contributed by atoms with Crippen LogP contribution in [0.5, 0.6) is 0 Å². The van der Waals surface area contributed by atoms with Crippen LogP contribution in [0.15, 0.2) is 47.5 Å². The number of amides is 1. The first-order chi connectivity index (χ1) is 12.0. The van der Waals surface area contributed by atoms with Crippen LogP contribution in [0, 0.1) is 5.82 Å². The number of anilines is 2. The van der Waals surface area contributed by atoms with Gasteiger partial charge in [0.2, 0.25) is 6.41 Å². The van der Waals surface area contributed by atoms with Gasteiger partial charge in [0.1, 0.15) is 11.7 Å². The zero-order valence-electron chi connectivity index (χ0n) is 14.1. The molecule has 4 nitrogen and oxygen atoms in total. The van der Waals surface area contributed by atoms with E-state index in [1.54, 1.807) is 31.3 Å². The normalized spacial score (nSPS) is 14.3. The molecule has 2 aromatic carbocycles. The minimum absolute atomic E-state index is 0.410. The zero-order chi connectivity index (χ0) is 18.0. The van der Waals surface area contributed by atoms with Crippen molar-refractivity contribution in [1.29, 1.82) is 0 Å². The summed E-state index contributed by atoms with van der Waals surface area (Å²) in [7, 11) is 3.71. The molecule has 130 valence electrons. The van der Waals surface area contributed by atoms with Crippen LogP contribution in [0.4, 0.5) is 15.8 Å². The first kappa shape index (κ1) is 17.4. The Morgan fingerprint density at radius 1 is 1.28 bits per heavy atom. The summed E-state index contributed by atoms with van der Waals surface area (Å²) in [4.78, 5) is 19.7. The molecule has 2 aromatic rings. The molecule has 0 aromatic heterocycles. The molecule has 1 saturated carbocycles. The summed E-state index contributed by atoms with van der Waals surface area (Å²) in [5.74, 6) is 0.366. The summed E-state index contributed by atoms with van der Waals surface area (Å²) < 4.78 is 13.6. The molecule has 0 radical (unpaired) electrons. The van der Waals surface area contributed by atoms with Gasteiger partial charge in [0.15, 0.2) is 0 Å². The van der Waals surface area contributed by atoms with Gasteiger partial charge < -0.3 is 4.90 Å². The van der Waals surface area contributed by atoms with Crippen LogP contribution in [0.25, 0.3) is 0 Å². The van der Waals surface area contributed by atoms with Crippen LogP contribution in [0.3, 0.4) is 0 Å². The Morgan fingerprint density at radius 2 is 2.04 bits per heavy atom. The quantitative estimate of drug-likeness (QED) is 0.454. The summed E-state index contributed by atoms with van der Waals surface area (Å²) in [6.07, 6.45) is 2.91. The van der Waals surface area contributed by atoms with Crippen LogP contribution in [-0.4, -0.2) is 37.3 Å². The Hall–Kier alpha value is -2.40. The van der Waals surface area contributed by atoms with Crippen molar-refractivity contribution in [3.05, 3.63) is 58.9 Å². The topological polar surface area (TPSA) is 35.9 Å². The fourth-order valence-corrected chi connectivity index (χ4v) is 3.05. The van der Waals surface area contributed by atoms with E-state index in [2.05, 4.69) is 9.89 Å². The van der Waals surface area contributed by atoms with E-state index in [-0.39, 0.29) is 0 Å². The van der Waals surface area contributed by atoms with Gasteiger partial charge in [0, 0.05) is 30.7 Å². The van der Waals surface area contributed by atoms with E-state index in [4.69, 9.17) is 11.6 Å². The number of amidine groups is 1. The average Bonchev–Trinajstić information content (AvgIpc) is 3.43. The van der Waals surface area contributed by atoms with Gasteiger partial charge in [0.05, 0.1) is 11.4 Å². The third-order valence-electron chi connectivity index (χ3n) is 4.29. The zero-order valence-corrected chi connectivity index (χ0v) is 14.9. The van der Waals surface area contributed by atoms with Crippen LogP contribution < -0.4 is 4.90 Å². The summed E-state index contributed by atoms with van der Waals surface area (Å²) >= 11 is 6.17. The fraction of sp³-hybridized carbons (Fsp3) is 0.263. The first-order valence-corrected chi connectivity index (χ1v) is 8.42. The number of rotatable bonds is 5. The Morgan fingerprint density at radius 3 is 2.64 bits per heavy atom. The van der Waals surface area contributed by atoms with Crippen LogP contribution in [0.1, 0.15) is 18.4 Å². The molecule has 3 rings (SSSR count). The van der Waals surface area contributed by atoms with Crippen LogP contribution in [0.2, 0.25) is 5.02 Å². The van der Waals surface area contributed by atoms with Crippen molar-refractivity contribution < 1.29 is 9.18 Å². The highest BCUT2D eigenvalue weighted by Crippen LogP contribution is 2.34. The maximum absolute atomic E-state index is 13.6. The van der Waals surface area contributed by atoms with Crippen LogP contribution in [-0.2, 0) is 4.79 Å². The first-order valence-electron chi connectivity index (χ1n) is 8.04. The lowest BCUT2D eigenvalue weighted by atomic mass is 10.1. The molecular formula is C19H19ClFN3O. The summed E-state index contributed by atoms with van der Waals surface area (Å²) in [6.45, 7) is 0. The number of benzene rings is 2. The fourth-order valence-electron chi connectivity index (χ4n) is 2.88. The van der Waals surface area contributed by atoms with Gasteiger partial charge >= 0.3 is 0 Å². The lowest BCUT2D eigenvalue weighted by molar-refractivity contribution is -0.106. The lowest BCUT2D eigenvalue weighted by Crippen LogP contribution is -2.31. The van der Waals surface area contributed by atoms with E-state index in [1.165, 1.54) is 17.0 Å². The summed E-state index contributed by atoms with van der Waals surface area (Å²) in [6, 6.07) is 11.7. The molecule has 0 unspecified atom stereocenters. The standard InChI is InChI=1S/C19H19ClFN3O/c1-22-19(23(2)15-7-8-15)17-9-6-13(20)10-18(17)24(12-25)16-5-3-4-14(21)11-16/h3-6,9-12,15H,7-8H2,1-2H3/b22-19+. The number of nitrogens with zero attached hydrogens (tertiary/aromatic N) is 3. The molecule has 6 heteroatoms. The predicted molar refractivity (Wildman–Crippen MR) is 99.3 cm³/mol. The van der Waals surface area contributed by atoms with Gasteiger partial charge in [-0.3, -0.25) is 14.7 Å². The van der Waals surface area contributed by atoms with E-state index in [0.29, 0.717) is 28.8 Å². The van der Waals surface area contributed by atoms with Crippen molar-refractivity contribution in [3.8, 4) is 0 Å². The molecule has 1 aliphatic rings. The molecule has 0 bridgehead atoms. The molecule has 0 spiro atoms. The van der Waals surface area contributed by atoms with Gasteiger partial charge in [-0.25, -0.2) is 4.39 Å². The molecule has 1 aliphatic carbocycles. The van der Waals surface area contributed by atoms with Gasteiger partial charge in [-0.05, 0) is 49.2 Å². The van der Waals surface area contributed by atoms with Gasteiger partial charge in [-0.1, -0.05) is 17.7 Å². The minimum atomic E-state index is -0.410. The van der Waals surface area contributed by atoms with Crippen molar-refractivity contribution in [3.63, 3.8) is 0 Å². The van der Waals surface area contributed by atoms with Crippen LogP contribution >= 0.6 is 11.6 Å². The summed E-state index contributed by atoms with van der Waals surface area (Å²) in [5, 5.41) is 0.492. The SMILES string of the molecule is C/N=C(\c1ccc(Cl)cc1N(C=O)c1cccc(F)c1)N(C)C1CC1. The Bertz CT molecular complexity index is 820. The molecule has 1 fully saturated rings. The summed E-state index contributed by atoms with van der Waals surface area (Å²) in [5.41, 5.74) is 1.78. The van der Waals surface area contributed by atoms with Gasteiger partial charge in [0.25, 0.3) is 0 Å². The van der Waals surface area contributed by atoms with Crippen molar-refractivity contribution in [2.45, 2.75) is 18.9 Å². The number of hydrogen-bond donors (Lipinski definition) is 0. The molecule has 25 heavy (non-hydrogen) atoms. The second-order valence-electron chi connectivity index (χ2n) is 6.01. The van der Waals surface area contributed by atoms with Gasteiger partial charge in [-0.15, -0.1) is 0 Å². The molecule has 0 saturated heterocycles. The monoisotopic (exact) mass is 359 g/mol.